The highest BCUT2D eigenvalue weighted by Crippen LogP contribution is 2.38. The molecule has 1 spiro atoms. The first kappa shape index (κ1) is 14.8. The van der Waals surface area contributed by atoms with Crippen LogP contribution in [0.3, 0.4) is 0 Å². The molecular weight excluding hydrogens is 280 g/mol. The van der Waals surface area contributed by atoms with Crippen molar-refractivity contribution in [2.75, 3.05) is 18.0 Å². The van der Waals surface area contributed by atoms with Crippen LogP contribution < -0.4 is 4.90 Å². The second-order valence-corrected chi connectivity index (χ2v) is 6.75. The molecule has 2 aliphatic rings. The molecular formula is C16H20N4O2. The normalized spacial score (nSPS) is 27.6. The Morgan fingerprint density at radius 3 is 2.82 bits per heavy atom. The number of morpholine rings is 1. The number of aryl methyl sites for hydroxylation is 1. The maximum absolute atomic E-state index is 11.8. The highest BCUT2D eigenvalue weighted by molar-refractivity contribution is 6.00. The molecule has 0 radical (unpaired) electrons. The van der Waals surface area contributed by atoms with E-state index >= 15 is 0 Å². The van der Waals surface area contributed by atoms with Gasteiger partial charge in [-0.3, -0.25) is 9.48 Å². The van der Waals surface area contributed by atoms with Crippen molar-refractivity contribution in [1.82, 2.24) is 9.78 Å². The van der Waals surface area contributed by atoms with Crippen LogP contribution in [-0.2, 0) is 16.6 Å². The minimum Gasteiger partial charge on any atom is -0.363 e. The number of anilines is 1. The van der Waals surface area contributed by atoms with Crippen LogP contribution in [-0.4, -0.2) is 39.9 Å². The van der Waals surface area contributed by atoms with Gasteiger partial charge in [-0.2, -0.15) is 10.4 Å². The molecule has 1 unspecified atom stereocenters. The smallest absolute Gasteiger partial charge is 0.173 e. The average molecular weight is 300 g/mol. The summed E-state index contributed by atoms with van der Waals surface area (Å²) in [6.45, 7) is 5.44. The first-order valence-electron chi connectivity index (χ1n) is 7.42. The molecule has 0 amide bonds. The first-order valence-corrected chi connectivity index (χ1v) is 7.42. The van der Waals surface area contributed by atoms with E-state index < -0.39 is 5.60 Å². The minimum atomic E-state index is -0.587. The number of hydrogen-bond acceptors (Lipinski definition) is 5. The SMILES string of the molecule is Cn1cc(N2CC(C)(C)OC3(C=C(C#N)C(=O)CC3)C2)cn1. The molecule has 0 saturated carbocycles. The maximum atomic E-state index is 11.8. The van der Waals surface area contributed by atoms with Gasteiger partial charge in [-0.15, -0.1) is 0 Å². The van der Waals surface area contributed by atoms with Crippen molar-refractivity contribution < 1.29 is 9.53 Å². The lowest BCUT2D eigenvalue weighted by atomic mass is 9.83. The van der Waals surface area contributed by atoms with Gasteiger partial charge >= 0.3 is 0 Å². The van der Waals surface area contributed by atoms with Crippen LogP contribution in [0.2, 0.25) is 0 Å². The van der Waals surface area contributed by atoms with Gasteiger partial charge in [0.15, 0.2) is 5.78 Å². The van der Waals surface area contributed by atoms with Crippen LogP contribution in [0.25, 0.3) is 0 Å². The summed E-state index contributed by atoms with van der Waals surface area (Å²) < 4.78 is 8.06. The lowest BCUT2D eigenvalue weighted by Gasteiger charge is -2.50. The molecule has 0 aromatic carbocycles. The zero-order chi connectivity index (χ0) is 16.0. The fourth-order valence-corrected chi connectivity index (χ4v) is 3.38. The lowest BCUT2D eigenvalue weighted by molar-refractivity contribution is -0.139. The van der Waals surface area contributed by atoms with Gasteiger partial charge in [0.05, 0.1) is 29.6 Å². The summed E-state index contributed by atoms with van der Waals surface area (Å²) in [5.41, 5.74) is 0.291. The summed E-state index contributed by atoms with van der Waals surface area (Å²) >= 11 is 0. The topological polar surface area (TPSA) is 71.2 Å². The standard InChI is InChI=1S/C16H20N4O2/c1-15(2)10-20(13-8-18-19(3)9-13)11-16(22-15)5-4-14(21)12(6-16)7-17/h6,8-9H,4-5,10-11H2,1-3H3. The molecule has 1 fully saturated rings. The van der Waals surface area contributed by atoms with E-state index in [0.29, 0.717) is 19.4 Å². The summed E-state index contributed by atoms with van der Waals surface area (Å²) in [6.07, 6.45) is 6.49. The zero-order valence-corrected chi connectivity index (χ0v) is 13.2. The predicted octanol–water partition coefficient (Wildman–Crippen LogP) is 1.59. The summed E-state index contributed by atoms with van der Waals surface area (Å²) in [7, 11) is 1.89. The van der Waals surface area contributed by atoms with E-state index in [0.717, 1.165) is 12.2 Å². The summed E-state index contributed by atoms with van der Waals surface area (Å²) in [4.78, 5) is 14.0. The number of ketones is 1. The number of allylic oxidation sites excluding steroid dienone is 1. The van der Waals surface area contributed by atoms with Crippen molar-refractivity contribution in [3.05, 3.63) is 24.0 Å². The molecule has 1 aliphatic carbocycles. The van der Waals surface area contributed by atoms with Crippen LogP contribution in [0.4, 0.5) is 5.69 Å². The molecule has 22 heavy (non-hydrogen) atoms. The Morgan fingerprint density at radius 2 is 2.18 bits per heavy atom. The van der Waals surface area contributed by atoms with Gasteiger partial charge in [0.1, 0.15) is 11.7 Å². The van der Waals surface area contributed by atoms with Crippen molar-refractivity contribution in [3.8, 4) is 6.07 Å². The highest BCUT2D eigenvalue weighted by Gasteiger charge is 2.45. The lowest BCUT2D eigenvalue weighted by Crippen LogP contribution is -2.60. The fourth-order valence-electron chi connectivity index (χ4n) is 3.38. The van der Waals surface area contributed by atoms with Gasteiger partial charge in [0, 0.05) is 26.2 Å². The molecule has 1 atom stereocenters. The molecule has 0 N–H and O–H groups in total. The second kappa shape index (κ2) is 4.96. The van der Waals surface area contributed by atoms with E-state index in [9.17, 15) is 10.1 Å². The zero-order valence-electron chi connectivity index (χ0n) is 13.2. The number of aromatic nitrogens is 2. The maximum Gasteiger partial charge on any atom is 0.173 e. The van der Waals surface area contributed by atoms with E-state index in [1.54, 1.807) is 10.8 Å². The third-order valence-electron chi connectivity index (χ3n) is 4.17. The van der Waals surface area contributed by atoms with Gasteiger partial charge in [-0.25, -0.2) is 0 Å². The molecule has 1 saturated heterocycles. The van der Waals surface area contributed by atoms with Crippen LogP contribution in [0, 0.1) is 11.3 Å². The number of carbonyl (C=O) groups excluding carboxylic acids is 1. The summed E-state index contributed by atoms with van der Waals surface area (Å²) in [6, 6.07) is 2.01. The van der Waals surface area contributed by atoms with Crippen molar-refractivity contribution in [2.24, 2.45) is 7.05 Å². The van der Waals surface area contributed by atoms with E-state index in [1.165, 1.54) is 0 Å². The molecule has 0 bridgehead atoms. The number of Topliss-reactive ketones (excluding diaryl/α,β-unsaturated/α-hetero) is 1. The van der Waals surface area contributed by atoms with E-state index in [1.807, 2.05) is 39.4 Å². The average Bonchev–Trinajstić information content (AvgIpc) is 2.87. The molecule has 1 aliphatic heterocycles. The third kappa shape index (κ3) is 2.64. The Kier molecular flexibility index (Phi) is 3.33. The van der Waals surface area contributed by atoms with Gasteiger partial charge in [0.2, 0.25) is 0 Å². The molecule has 116 valence electrons. The number of rotatable bonds is 1. The fraction of sp³-hybridized carbons (Fsp3) is 0.562. The van der Waals surface area contributed by atoms with E-state index in [-0.39, 0.29) is 17.0 Å². The second-order valence-electron chi connectivity index (χ2n) is 6.75. The third-order valence-corrected chi connectivity index (χ3v) is 4.17. The van der Waals surface area contributed by atoms with Crippen LogP contribution in [0.1, 0.15) is 26.7 Å². The van der Waals surface area contributed by atoms with Gasteiger partial charge < -0.3 is 9.64 Å². The van der Waals surface area contributed by atoms with Gasteiger partial charge in [-0.1, -0.05) is 0 Å². The Morgan fingerprint density at radius 1 is 1.41 bits per heavy atom. The Bertz CT molecular complexity index is 683. The highest BCUT2D eigenvalue weighted by atomic mass is 16.5. The molecule has 6 heteroatoms. The van der Waals surface area contributed by atoms with Gasteiger partial charge in [-0.05, 0) is 26.3 Å². The van der Waals surface area contributed by atoms with E-state index in [4.69, 9.17) is 4.74 Å². The Hall–Kier alpha value is -2.13. The van der Waals surface area contributed by atoms with Crippen LogP contribution in [0.15, 0.2) is 24.0 Å². The number of nitriles is 1. The monoisotopic (exact) mass is 300 g/mol. The molecule has 6 nitrogen and oxygen atoms in total. The quantitative estimate of drug-likeness (QED) is 0.787. The number of hydrogen-bond donors (Lipinski definition) is 0. The number of nitrogens with zero attached hydrogens (tertiary/aromatic N) is 4. The van der Waals surface area contributed by atoms with Crippen molar-refractivity contribution in [3.63, 3.8) is 0 Å². The van der Waals surface area contributed by atoms with Crippen LogP contribution in [0.5, 0.6) is 0 Å². The Labute approximate surface area is 130 Å². The number of ether oxygens (including phenoxy) is 1. The molecule has 1 aromatic heterocycles. The van der Waals surface area contributed by atoms with Crippen molar-refractivity contribution in [2.45, 2.75) is 37.9 Å². The Balaban J connectivity index is 1.97. The largest absolute Gasteiger partial charge is 0.363 e. The minimum absolute atomic E-state index is 0.0898. The van der Waals surface area contributed by atoms with Crippen molar-refractivity contribution >= 4 is 11.5 Å². The molecule has 1 aromatic rings. The molecule has 3 rings (SSSR count). The first-order chi connectivity index (χ1) is 10.3. The van der Waals surface area contributed by atoms with E-state index in [2.05, 4.69) is 10.00 Å². The van der Waals surface area contributed by atoms with Crippen LogP contribution >= 0.6 is 0 Å². The van der Waals surface area contributed by atoms with Gasteiger partial charge in [0.25, 0.3) is 0 Å². The summed E-state index contributed by atoms with van der Waals surface area (Å²) in [5.74, 6) is -0.0898. The summed E-state index contributed by atoms with van der Waals surface area (Å²) in [5, 5.41) is 13.4. The molecule has 2 heterocycles. The predicted molar refractivity (Wildman–Crippen MR) is 81.3 cm³/mol. The number of carbonyl (C=O) groups is 1. The van der Waals surface area contributed by atoms with Crippen molar-refractivity contribution in [1.29, 1.82) is 5.26 Å².